The third-order valence-electron chi connectivity index (χ3n) is 4.68. The topological polar surface area (TPSA) is 49.4 Å². The van der Waals surface area contributed by atoms with Gasteiger partial charge < -0.3 is 10.2 Å². The molecule has 0 aliphatic heterocycles. The second-order valence-electron chi connectivity index (χ2n) is 7.29. The molecule has 0 bridgehead atoms. The minimum atomic E-state index is -0.590. The summed E-state index contributed by atoms with van der Waals surface area (Å²) in [5, 5.41) is 3.89. The molecule has 2 rings (SSSR count). The van der Waals surface area contributed by atoms with Gasteiger partial charge in [-0.3, -0.25) is 9.59 Å². The minimum Gasteiger partial charge on any atom is -0.352 e. The molecule has 0 saturated heterocycles. The Balaban J connectivity index is 2.27. The minimum absolute atomic E-state index is 0.0123. The zero-order chi connectivity index (χ0) is 21.4. The summed E-state index contributed by atoms with van der Waals surface area (Å²) in [5.41, 5.74) is 1.73. The SMILES string of the molecule is CC[C@@H](C(=O)NC(C)C)N(Cc1c(Cl)cccc1Cl)C(=O)CCc1ccccc1. The van der Waals surface area contributed by atoms with E-state index < -0.39 is 6.04 Å². The maximum Gasteiger partial charge on any atom is 0.243 e. The van der Waals surface area contributed by atoms with Crippen LogP contribution in [0.4, 0.5) is 0 Å². The fourth-order valence-electron chi connectivity index (χ4n) is 3.19. The Bertz CT molecular complexity index is 805. The van der Waals surface area contributed by atoms with Crippen molar-refractivity contribution in [3.63, 3.8) is 0 Å². The third-order valence-corrected chi connectivity index (χ3v) is 5.39. The van der Waals surface area contributed by atoms with Gasteiger partial charge in [0.05, 0.1) is 0 Å². The van der Waals surface area contributed by atoms with Crippen LogP contribution in [-0.2, 0) is 22.6 Å². The van der Waals surface area contributed by atoms with Gasteiger partial charge in [-0.25, -0.2) is 0 Å². The maximum atomic E-state index is 13.2. The average Bonchev–Trinajstić information content (AvgIpc) is 2.68. The van der Waals surface area contributed by atoms with Crippen molar-refractivity contribution in [1.82, 2.24) is 10.2 Å². The van der Waals surface area contributed by atoms with Gasteiger partial charge >= 0.3 is 0 Å². The molecule has 0 saturated carbocycles. The molecular weight excluding hydrogens is 407 g/mol. The van der Waals surface area contributed by atoms with Gasteiger partial charge in [-0.05, 0) is 44.4 Å². The molecule has 1 atom stereocenters. The fourth-order valence-corrected chi connectivity index (χ4v) is 3.71. The fraction of sp³-hybridized carbons (Fsp3) is 0.391. The number of benzene rings is 2. The predicted molar refractivity (Wildman–Crippen MR) is 119 cm³/mol. The van der Waals surface area contributed by atoms with Crippen molar-refractivity contribution in [2.45, 2.75) is 58.7 Å². The molecule has 4 nitrogen and oxygen atoms in total. The number of nitrogens with one attached hydrogen (secondary N) is 1. The van der Waals surface area contributed by atoms with Gasteiger partial charge in [-0.2, -0.15) is 0 Å². The van der Waals surface area contributed by atoms with Crippen molar-refractivity contribution >= 4 is 35.0 Å². The summed E-state index contributed by atoms with van der Waals surface area (Å²) >= 11 is 12.7. The van der Waals surface area contributed by atoms with Crippen molar-refractivity contribution in [1.29, 1.82) is 0 Å². The van der Waals surface area contributed by atoms with Gasteiger partial charge in [-0.1, -0.05) is 66.5 Å². The Morgan fingerprint density at radius 3 is 2.17 bits per heavy atom. The quantitative estimate of drug-likeness (QED) is 0.584. The molecule has 0 radical (unpaired) electrons. The highest BCUT2D eigenvalue weighted by atomic mass is 35.5. The normalized spacial score (nSPS) is 11.9. The molecule has 156 valence electrons. The van der Waals surface area contributed by atoms with Gasteiger partial charge in [0, 0.05) is 34.6 Å². The third kappa shape index (κ3) is 6.76. The van der Waals surface area contributed by atoms with Crippen LogP contribution in [0.25, 0.3) is 0 Å². The highest BCUT2D eigenvalue weighted by Crippen LogP contribution is 2.27. The number of rotatable bonds is 9. The zero-order valence-corrected chi connectivity index (χ0v) is 18.6. The highest BCUT2D eigenvalue weighted by Gasteiger charge is 2.29. The molecule has 2 amide bonds. The van der Waals surface area contributed by atoms with Crippen LogP contribution in [0.3, 0.4) is 0 Å². The molecule has 0 heterocycles. The summed E-state index contributed by atoms with van der Waals surface area (Å²) in [4.78, 5) is 27.6. The number of aryl methyl sites for hydroxylation is 1. The molecule has 1 N–H and O–H groups in total. The van der Waals surface area contributed by atoms with Crippen LogP contribution in [-0.4, -0.2) is 28.8 Å². The van der Waals surface area contributed by atoms with E-state index in [2.05, 4.69) is 5.32 Å². The Kier molecular flexibility index (Phi) is 8.99. The van der Waals surface area contributed by atoms with E-state index in [1.165, 1.54) is 0 Å². The van der Waals surface area contributed by atoms with Crippen LogP contribution in [0.15, 0.2) is 48.5 Å². The maximum absolute atomic E-state index is 13.2. The molecule has 2 aromatic carbocycles. The van der Waals surface area contributed by atoms with E-state index in [1.807, 2.05) is 51.1 Å². The number of amides is 2. The average molecular weight is 435 g/mol. The molecule has 0 aliphatic carbocycles. The largest absolute Gasteiger partial charge is 0.352 e. The molecule has 29 heavy (non-hydrogen) atoms. The lowest BCUT2D eigenvalue weighted by atomic mass is 10.1. The van der Waals surface area contributed by atoms with E-state index >= 15 is 0 Å². The summed E-state index contributed by atoms with van der Waals surface area (Å²) in [7, 11) is 0. The number of carbonyl (C=O) groups excluding carboxylic acids is 2. The van der Waals surface area contributed by atoms with Crippen LogP contribution >= 0.6 is 23.2 Å². The summed E-state index contributed by atoms with van der Waals surface area (Å²) in [6, 6.07) is 14.5. The van der Waals surface area contributed by atoms with Crippen molar-refractivity contribution in [2.75, 3.05) is 0 Å². The molecule has 2 aromatic rings. The van der Waals surface area contributed by atoms with Gasteiger partial charge in [0.15, 0.2) is 0 Å². The van der Waals surface area contributed by atoms with E-state index in [4.69, 9.17) is 23.2 Å². The lowest BCUT2D eigenvalue weighted by Gasteiger charge is -2.31. The standard InChI is InChI=1S/C23H28Cl2N2O2/c1-4-21(23(29)26-16(2)3)27(15-18-19(24)11-8-12-20(18)25)22(28)14-13-17-9-6-5-7-10-17/h5-12,16,21H,4,13-15H2,1-3H3,(H,26,29)/t21-/m0/s1. The van der Waals surface area contributed by atoms with Crippen molar-refractivity contribution < 1.29 is 9.59 Å². The molecule has 6 heteroatoms. The summed E-state index contributed by atoms with van der Waals surface area (Å²) in [6.45, 7) is 5.89. The second-order valence-corrected chi connectivity index (χ2v) is 8.11. The van der Waals surface area contributed by atoms with Crippen LogP contribution in [0.2, 0.25) is 10.0 Å². The van der Waals surface area contributed by atoms with Crippen molar-refractivity contribution in [3.8, 4) is 0 Å². The first kappa shape index (κ1) is 23.2. The van der Waals surface area contributed by atoms with Gasteiger partial charge in [-0.15, -0.1) is 0 Å². The van der Waals surface area contributed by atoms with E-state index in [0.29, 0.717) is 34.9 Å². The van der Waals surface area contributed by atoms with E-state index in [9.17, 15) is 9.59 Å². The highest BCUT2D eigenvalue weighted by molar-refractivity contribution is 6.36. The molecule has 0 aromatic heterocycles. The molecule has 0 aliphatic rings. The second kappa shape index (κ2) is 11.2. The molecule has 0 unspecified atom stereocenters. The number of hydrogen-bond acceptors (Lipinski definition) is 2. The van der Waals surface area contributed by atoms with Gasteiger partial charge in [0.2, 0.25) is 11.8 Å². The Hall–Kier alpha value is -2.04. The van der Waals surface area contributed by atoms with E-state index in [0.717, 1.165) is 5.56 Å². The van der Waals surface area contributed by atoms with Gasteiger partial charge in [0.25, 0.3) is 0 Å². The van der Waals surface area contributed by atoms with Crippen LogP contribution < -0.4 is 5.32 Å². The first-order valence-corrected chi connectivity index (χ1v) is 10.7. The summed E-state index contributed by atoms with van der Waals surface area (Å²) in [6.07, 6.45) is 1.41. The van der Waals surface area contributed by atoms with Crippen molar-refractivity contribution in [2.24, 2.45) is 0 Å². The Labute approximate surface area is 183 Å². The smallest absolute Gasteiger partial charge is 0.243 e. The van der Waals surface area contributed by atoms with E-state index in [1.54, 1.807) is 23.1 Å². The molecule has 0 fully saturated rings. The number of carbonyl (C=O) groups is 2. The van der Waals surface area contributed by atoms with E-state index in [-0.39, 0.29) is 24.4 Å². The number of nitrogens with zero attached hydrogens (tertiary/aromatic N) is 1. The van der Waals surface area contributed by atoms with Gasteiger partial charge in [0.1, 0.15) is 6.04 Å². The number of hydrogen-bond donors (Lipinski definition) is 1. The first-order chi connectivity index (χ1) is 13.8. The molecule has 0 spiro atoms. The zero-order valence-electron chi connectivity index (χ0n) is 17.1. The van der Waals surface area contributed by atoms with Crippen LogP contribution in [0.5, 0.6) is 0 Å². The van der Waals surface area contributed by atoms with Crippen molar-refractivity contribution in [3.05, 3.63) is 69.7 Å². The summed E-state index contributed by atoms with van der Waals surface area (Å²) < 4.78 is 0. The Morgan fingerprint density at radius 2 is 1.62 bits per heavy atom. The molecular formula is C23H28Cl2N2O2. The lowest BCUT2D eigenvalue weighted by molar-refractivity contribution is -0.141. The predicted octanol–water partition coefficient (Wildman–Crippen LogP) is 5.26. The number of halogens is 2. The monoisotopic (exact) mass is 434 g/mol. The first-order valence-electron chi connectivity index (χ1n) is 9.90. The Morgan fingerprint density at radius 1 is 1.00 bits per heavy atom. The summed E-state index contributed by atoms with van der Waals surface area (Å²) in [5.74, 6) is -0.269. The van der Waals surface area contributed by atoms with Crippen LogP contribution in [0, 0.1) is 0 Å². The lowest BCUT2D eigenvalue weighted by Crippen LogP contribution is -2.50. The van der Waals surface area contributed by atoms with Crippen LogP contribution in [0.1, 0.15) is 44.7 Å².